The first kappa shape index (κ1) is 13.1. The molecular formula is C11H15ClN4O2S. The van der Waals surface area contributed by atoms with E-state index >= 15 is 0 Å². The summed E-state index contributed by atoms with van der Waals surface area (Å²) in [6, 6.07) is 0. The lowest BCUT2D eigenvalue weighted by Crippen LogP contribution is -2.49. The van der Waals surface area contributed by atoms with Crippen LogP contribution in [-0.2, 0) is 10.0 Å². The molecular weight excluding hydrogens is 288 g/mol. The van der Waals surface area contributed by atoms with E-state index in [1.54, 1.807) is 10.5 Å². The van der Waals surface area contributed by atoms with E-state index < -0.39 is 10.0 Å². The van der Waals surface area contributed by atoms with Crippen molar-refractivity contribution in [1.29, 1.82) is 0 Å². The normalized spacial score (nSPS) is 21.6. The topological polar surface area (TPSA) is 66.4 Å². The van der Waals surface area contributed by atoms with Crippen molar-refractivity contribution in [1.82, 2.24) is 14.3 Å². The molecule has 3 rings (SSSR count). The van der Waals surface area contributed by atoms with Gasteiger partial charge in [-0.3, -0.25) is 0 Å². The van der Waals surface area contributed by atoms with Gasteiger partial charge in [0, 0.05) is 26.2 Å². The van der Waals surface area contributed by atoms with Crippen molar-refractivity contribution in [3.63, 3.8) is 0 Å². The molecule has 1 aromatic rings. The number of aromatic nitrogens is 2. The molecule has 104 valence electrons. The Balaban J connectivity index is 1.68. The summed E-state index contributed by atoms with van der Waals surface area (Å²) in [7, 11) is -3.06. The van der Waals surface area contributed by atoms with E-state index in [0.29, 0.717) is 37.0 Å². The predicted octanol–water partition coefficient (Wildman–Crippen LogP) is 0.744. The highest BCUT2D eigenvalue weighted by molar-refractivity contribution is 7.90. The molecule has 6 nitrogen and oxygen atoms in total. The van der Waals surface area contributed by atoms with Gasteiger partial charge in [-0.15, -0.1) is 0 Å². The summed E-state index contributed by atoms with van der Waals surface area (Å²) in [5.41, 5.74) is 0. The molecule has 0 radical (unpaired) electrons. The van der Waals surface area contributed by atoms with Gasteiger partial charge in [-0.05, 0) is 12.8 Å². The number of hydrogen-bond donors (Lipinski definition) is 0. The molecule has 8 heteroatoms. The third-order valence-electron chi connectivity index (χ3n) is 3.49. The van der Waals surface area contributed by atoms with Crippen LogP contribution >= 0.6 is 11.6 Å². The Morgan fingerprint density at radius 3 is 2.47 bits per heavy atom. The lowest BCUT2D eigenvalue weighted by atomic mass is 10.3. The van der Waals surface area contributed by atoms with Gasteiger partial charge in [-0.25, -0.2) is 18.4 Å². The van der Waals surface area contributed by atoms with Crippen molar-refractivity contribution in [2.24, 2.45) is 0 Å². The molecule has 0 N–H and O–H groups in total. The van der Waals surface area contributed by atoms with Crippen LogP contribution in [0, 0.1) is 0 Å². The van der Waals surface area contributed by atoms with Crippen LogP contribution in [0.15, 0.2) is 12.5 Å². The fourth-order valence-corrected chi connectivity index (χ4v) is 4.32. The zero-order valence-corrected chi connectivity index (χ0v) is 11.9. The molecule has 1 saturated heterocycles. The summed E-state index contributed by atoms with van der Waals surface area (Å²) in [5.74, 6) is 0.681. The minimum absolute atomic E-state index is 0.137. The largest absolute Gasteiger partial charge is 0.353 e. The summed E-state index contributed by atoms with van der Waals surface area (Å²) in [4.78, 5) is 10.0. The van der Waals surface area contributed by atoms with Crippen LogP contribution in [0.2, 0.25) is 5.02 Å². The molecule has 19 heavy (non-hydrogen) atoms. The smallest absolute Gasteiger partial charge is 0.217 e. The number of piperazine rings is 1. The van der Waals surface area contributed by atoms with Gasteiger partial charge in [0.1, 0.15) is 11.3 Å². The maximum Gasteiger partial charge on any atom is 0.217 e. The van der Waals surface area contributed by atoms with Crippen molar-refractivity contribution in [3.05, 3.63) is 17.5 Å². The van der Waals surface area contributed by atoms with Gasteiger partial charge < -0.3 is 4.90 Å². The molecule has 0 bridgehead atoms. The van der Waals surface area contributed by atoms with Crippen LogP contribution in [0.4, 0.5) is 5.82 Å². The first-order chi connectivity index (χ1) is 9.09. The van der Waals surface area contributed by atoms with Crippen LogP contribution in [0.5, 0.6) is 0 Å². The molecule has 1 saturated carbocycles. The van der Waals surface area contributed by atoms with Crippen LogP contribution in [0.1, 0.15) is 12.8 Å². The molecule has 2 aliphatic rings. The monoisotopic (exact) mass is 302 g/mol. The number of sulfonamides is 1. The van der Waals surface area contributed by atoms with Gasteiger partial charge in [-0.2, -0.15) is 4.31 Å². The summed E-state index contributed by atoms with van der Waals surface area (Å²) < 4.78 is 25.8. The first-order valence-corrected chi connectivity index (χ1v) is 8.16. The zero-order valence-electron chi connectivity index (χ0n) is 10.4. The van der Waals surface area contributed by atoms with Crippen molar-refractivity contribution >= 4 is 27.4 Å². The minimum Gasteiger partial charge on any atom is -0.353 e. The van der Waals surface area contributed by atoms with E-state index in [1.165, 1.54) is 6.33 Å². The summed E-state index contributed by atoms with van der Waals surface area (Å²) in [5, 5.41) is 0.364. The van der Waals surface area contributed by atoms with Crippen LogP contribution in [0.3, 0.4) is 0 Å². The van der Waals surface area contributed by atoms with Crippen molar-refractivity contribution < 1.29 is 8.42 Å². The van der Waals surface area contributed by atoms with E-state index in [2.05, 4.69) is 9.97 Å². The molecule has 1 aliphatic carbocycles. The second-order valence-electron chi connectivity index (χ2n) is 4.82. The van der Waals surface area contributed by atoms with Gasteiger partial charge in [0.15, 0.2) is 5.82 Å². The molecule has 0 unspecified atom stereocenters. The zero-order chi connectivity index (χ0) is 13.5. The molecule has 0 atom stereocenters. The Bertz CT molecular complexity index is 568. The van der Waals surface area contributed by atoms with Crippen LogP contribution in [0.25, 0.3) is 0 Å². The summed E-state index contributed by atoms with van der Waals surface area (Å²) >= 11 is 6.05. The molecule has 0 amide bonds. The number of nitrogens with zero attached hydrogens (tertiary/aromatic N) is 4. The SMILES string of the molecule is O=S(=O)(C1CC1)N1CCN(c2ncncc2Cl)CC1. The Kier molecular flexibility index (Phi) is 3.36. The van der Waals surface area contributed by atoms with E-state index in [0.717, 1.165) is 12.8 Å². The molecule has 2 fully saturated rings. The molecule has 2 heterocycles. The standard InChI is InChI=1S/C11H15ClN4O2S/c12-10-7-13-8-14-11(10)15-3-5-16(6-4-15)19(17,18)9-1-2-9/h7-9H,1-6H2. The molecule has 0 aromatic carbocycles. The van der Waals surface area contributed by atoms with Crippen molar-refractivity contribution in [2.75, 3.05) is 31.1 Å². The van der Waals surface area contributed by atoms with Gasteiger partial charge in [0.2, 0.25) is 10.0 Å². The Morgan fingerprint density at radius 2 is 1.89 bits per heavy atom. The highest BCUT2D eigenvalue weighted by Crippen LogP contribution is 2.32. The molecule has 1 aliphatic heterocycles. The quantitative estimate of drug-likeness (QED) is 0.824. The van der Waals surface area contributed by atoms with E-state index in [1.807, 2.05) is 4.90 Å². The van der Waals surface area contributed by atoms with Crippen molar-refractivity contribution in [3.8, 4) is 0 Å². The van der Waals surface area contributed by atoms with Gasteiger partial charge in [0.05, 0.1) is 11.4 Å². The lowest BCUT2D eigenvalue weighted by molar-refractivity contribution is 0.383. The van der Waals surface area contributed by atoms with Crippen molar-refractivity contribution in [2.45, 2.75) is 18.1 Å². The fourth-order valence-electron chi connectivity index (χ4n) is 2.27. The Morgan fingerprint density at radius 1 is 1.21 bits per heavy atom. The lowest BCUT2D eigenvalue weighted by Gasteiger charge is -2.34. The highest BCUT2D eigenvalue weighted by Gasteiger charge is 2.41. The minimum atomic E-state index is -3.06. The third kappa shape index (κ3) is 2.54. The Hall–Kier alpha value is -0.920. The van der Waals surface area contributed by atoms with Crippen LogP contribution in [-0.4, -0.2) is 54.1 Å². The maximum absolute atomic E-state index is 12.1. The number of halogens is 1. The number of hydrogen-bond acceptors (Lipinski definition) is 5. The second kappa shape index (κ2) is 4.88. The maximum atomic E-state index is 12.1. The number of rotatable bonds is 3. The van der Waals surface area contributed by atoms with E-state index in [4.69, 9.17) is 11.6 Å². The average Bonchev–Trinajstić information content (AvgIpc) is 3.24. The van der Waals surface area contributed by atoms with Gasteiger partial charge in [-0.1, -0.05) is 11.6 Å². The predicted molar refractivity (Wildman–Crippen MR) is 72.8 cm³/mol. The van der Waals surface area contributed by atoms with E-state index in [9.17, 15) is 8.42 Å². The molecule has 1 aromatic heterocycles. The first-order valence-electron chi connectivity index (χ1n) is 6.28. The number of anilines is 1. The van der Waals surface area contributed by atoms with Crippen LogP contribution < -0.4 is 4.90 Å². The van der Waals surface area contributed by atoms with Gasteiger partial charge in [0.25, 0.3) is 0 Å². The van der Waals surface area contributed by atoms with Gasteiger partial charge >= 0.3 is 0 Å². The highest BCUT2D eigenvalue weighted by atomic mass is 35.5. The second-order valence-corrected chi connectivity index (χ2v) is 7.44. The third-order valence-corrected chi connectivity index (χ3v) is 6.16. The Labute approximate surface area is 117 Å². The molecule has 0 spiro atoms. The fraction of sp³-hybridized carbons (Fsp3) is 0.636. The van der Waals surface area contributed by atoms with E-state index in [-0.39, 0.29) is 5.25 Å². The summed E-state index contributed by atoms with van der Waals surface area (Å²) in [6.07, 6.45) is 4.62. The summed E-state index contributed by atoms with van der Waals surface area (Å²) in [6.45, 7) is 2.23. The average molecular weight is 303 g/mol.